The second-order valence-corrected chi connectivity index (χ2v) is 8.05. The number of ketones is 1. The molecule has 0 aliphatic carbocycles. The maximum absolute atomic E-state index is 12.6. The van der Waals surface area contributed by atoms with Crippen LogP contribution in [-0.2, 0) is 24.2 Å². The number of rotatable bonds is 11. The lowest BCUT2D eigenvalue weighted by Gasteiger charge is -2.12. The van der Waals surface area contributed by atoms with Gasteiger partial charge in [0.1, 0.15) is 18.1 Å². The van der Waals surface area contributed by atoms with Crippen LogP contribution < -0.4 is 14.2 Å². The molecule has 0 spiro atoms. The molecule has 33 heavy (non-hydrogen) atoms. The summed E-state index contributed by atoms with van der Waals surface area (Å²) >= 11 is 0. The number of Topliss-reactive ketones (excluding diaryl/α,β-unsaturated/α-hetero) is 1. The van der Waals surface area contributed by atoms with Crippen LogP contribution in [0.15, 0.2) is 72.9 Å². The summed E-state index contributed by atoms with van der Waals surface area (Å²) in [5.41, 5.74) is 4.26. The second-order valence-electron chi connectivity index (χ2n) is 8.05. The van der Waals surface area contributed by atoms with Crippen molar-refractivity contribution in [1.29, 1.82) is 0 Å². The van der Waals surface area contributed by atoms with Crippen molar-refractivity contribution >= 4 is 16.7 Å². The number of aryl methyl sites for hydroxylation is 1. The van der Waals surface area contributed by atoms with E-state index in [1.54, 1.807) is 14.2 Å². The summed E-state index contributed by atoms with van der Waals surface area (Å²) in [5, 5.41) is 1.04. The number of fused-ring (bicyclic) bond motifs is 1. The number of nitrogens with one attached hydrogen (secondary N) is 1. The molecule has 0 amide bonds. The Morgan fingerprint density at radius 2 is 1.73 bits per heavy atom. The van der Waals surface area contributed by atoms with Gasteiger partial charge in [0.25, 0.3) is 0 Å². The van der Waals surface area contributed by atoms with E-state index in [1.807, 2.05) is 72.9 Å². The van der Waals surface area contributed by atoms with Crippen LogP contribution in [0, 0.1) is 0 Å². The molecule has 3 aromatic carbocycles. The molecule has 0 radical (unpaired) electrons. The first-order chi connectivity index (χ1) is 16.2. The minimum atomic E-state index is 0.230. The molecule has 0 saturated heterocycles. The summed E-state index contributed by atoms with van der Waals surface area (Å²) in [6.07, 6.45) is 4.47. The van der Waals surface area contributed by atoms with Crippen LogP contribution in [0.25, 0.3) is 10.9 Å². The fraction of sp³-hybridized carbons (Fsp3) is 0.250. The van der Waals surface area contributed by atoms with E-state index in [1.165, 1.54) is 0 Å². The lowest BCUT2D eigenvalue weighted by molar-refractivity contribution is -0.118. The van der Waals surface area contributed by atoms with E-state index >= 15 is 0 Å². The van der Waals surface area contributed by atoms with E-state index in [0.717, 1.165) is 51.9 Å². The van der Waals surface area contributed by atoms with Gasteiger partial charge in [-0.3, -0.25) is 4.79 Å². The van der Waals surface area contributed by atoms with Crippen LogP contribution in [0.2, 0.25) is 0 Å². The van der Waals surface area contributed by atoms with Crippen molar-refractivity contribution in [3.8, 4) is 17.2 Å². The van der Waals surface area contributed by atoms with Gasteiger partial charge in [-0.1, -0.05) is 36.4 Å². The molecule has 4 rings (SSSR count). The highest BCUT2D eigenvalue weighted by Gasteiger charge is 2.11. The molecule has 1 N–H and O–H groups in total. The lowest BCUT2D eigenvalue weighted by Crippen LogP contribution is -2.03. The molecule has 0 aliphatic heterocycles. The number of aromatic nitrogens is 1. The summed E-state index contributed by atoms with van der Waals surface area (Å²) in [5.74, 6) is 2.45. The van der Waals surface area contributed by atoms with E-state index in [2.05, 4.69) is 4.98 Å². The summed E-state index contributed by atoms with van der Waals surface area (Å²) in [6, 6.07) is 21.9. The highest BCUT2D eigenvalue weighted by Crippen LogP contribution is 2.30. The van der Waals surface area contributed by atoms with E-state index < -0.39 is 0 Å². The zero-order valence-corrected chi connectivity index (χ0v) is 19.1. The highest BCUT2D eigenvalue weighted by molar-refractivity contribution is 5.90. The van der Waals surface area contributed by atoms with Gasteiger partial charge < -0.3 is 19.2 Å². The summed E-state index contributed by atoms with van der Waals surface area (Å²) in [6.45, 7) is 0.491. The molecule has 0 unspecified atom stereocenters. The monoisotopic (exact) mass is 443 g/mol. The number of carbonyl (C=O) groups is 1. The smallest absolute Gasteiger partial charge is 0.161 e. The number of H-pyrrole nitrogens is 1. The third-order valence-corrected chi connectivity index (χ3v) is 5.75. The van der Waals surface area contributed by atoms with Gasteiger partial charge in [-0.05, 0) is 59.9 Å². The van der Waals surface area contributed by atoms with Crippen LogP contribution in [0.5, 0.6) is 17.2 Å². The average molecular weight is 444 g/mol. The summed E-state index contributed by atoms with van der Waals surface area (Å²) < 4.78 is 16.8. The Labute approximate surface area is 194 Å². The molecule has 4 aromatic rings. The number of hydrogen-bond donors (Lipinski definition) is 1. The lowest BCUT2D eigenvalue weighted by atomic mass is 10.0. The van der Waals surface area contributed by atoms with Gasteiger partial charge in [0.2, 0.25) is 0 Å². The van der Waals surface area contributed by atoms with Crippen LogP contribution in [-0.4, -0.2) is 25.0 Å². The molecular weight excluding hydrogens is 414 g/mol. The molecule has 5 heteroatoms. The van der Waals surface area contributed by atoms with Gasteiger partial charge in [-0.25, -0.2) is 0 Å². The zero-order valence-electron chi connectivity index (χ0n) is 19.1. The number of carbonyl (C=O) groups excluding carboxylic acids is 1. The van der Waals surface area contributed by atoms with Crippen molar-refractivity contribution in [3.63, 3.8) is 0 Å². The average Bonchev–Trinajstić information content (AvgIpc) is 3.25. The molecule has 0 aliphatic rings. The molecule has 0 atom stereocenters. The molecule has 1 heterocycles. The van der Waals surface area contributed by atoms with E-state index in [0.29, 0.717) is 25.2 Å². The molecule has 5 nitrogen and oxygen atoms in total. The standard InChI is InChI=1S/C28H29NO4/c1-31-24-12-13-26-25(17-24)22(18-29-26)16-23(30)10-6-9-20-11-14-27(28(15-20)32-2)33-19-21-7-4-3-5-8-21/h3-5,7-8,11-15,17-18,29H,6,9-10,16,19H2,1-2H3. The van der Waals surface area contributed by atoms with Crippen molar-refractivity contribution in [2.45, 2.75) is 32.3 Å². The third kappa shape index (κ3) is 5.75. The predicted molar refractivity (Wildman–Crippen MR) is 130 cm³/mol. The Bertz CT molecular complexity index is 1210. The SMILES string of the molecule is COc1ccc2[nH]cc(CC(=O)CCCc3ccc(OCc4ccccc4)c(OC)c3)c2c1. The van der Waals surface area contributed by atoms with Gasteiger partial charge in [0, 0.05) is 29.9 Å². The van der Waals surface area contributed by atoms with Crippen LogP contribution in [0.1, 0.15) is 29.5 Å². The van der Waals surface area contributed by atoms with Crippen molar-refractivity contribution in [2.24, 2.45) is 0 Å². The Morgan fingerprint density at radius 3 is 2.52 bits per heavy atom. The Hall–Kier alpha value is -3.73. The first kappa shape index (κ1) is 22.5. The van der Waals surface area contributed by atoms with Crippen molar-refractivity contribution in [2.75, 3.05) is 14.2 Å². The van der Waals surface area contributed by atoms with Crippen LogP contribution in [0.3, 0.4) is 0 Å². The van der Waals surface area contributed by atoms with Crippen LogP contribution >= 0.6 is 0 Å². The van der Waals surface area contributed by atoms with Gasteiger partial charge >= 0.3 is 0 Å². The number of ether oxygens (including phenoxy) is 3. The molecule has 0 saturated carbocycles. The van der Waals surface area contributed by atoms with E-state index in [9.17, 15) is 4.79 Å². The maximum atomic E-state index is 12.6. The van der Waals surface area contributed by atoms with Gasteiger partial charge in [-0.2, -0.15) is 0 Å². The van der Waals surface area contributed by atoms with Crippen LogP contribution in [0.4, 0.5) is 0 Å². The second kappa shape index (κ2) is 10.7. The molecule has 1 aromatic heterocycles. The molecular formula is C28H29NO4. The minimum absolute atomic E-state index is 0.230. The van der Waals surface area contributed by atoms with E-state index in [4.69, 9.17) is 14.2 Å². The number of methoxy groups -OCH3 is 2. The minimum Gasteiger partial charge on any atom is -0.497 e. The summed E-state index contributed by atoms with van der Waals surface area (Å²) in [4.78, 5) is 15.8. The van der Waals surface area contributed by atoms with Gasteiger partial charge in [0.15, 0.2) is 11.5 Å². The third-order valence-electron chi connectivity index (χ3n) is 5.75. The zero-order chi connectivity index (χ0) is 23.0. The fourth-order valence-electron chi connectivity index (χ4n) is 3.94. The van der Waals surface area contributed by atoms with Crippen molar-refractivity contribution in [1.82, 2.24) is 4.98 Å². The number of benzene rings is 3. The Morgan fingerprint density at radius 1 is 0.879 bits per heavy atom. The Kier molecular flexibility index (Phi) is 7.30. The van der Waals surface area contributed by atoms with Crippen molar-refractivity contribution < 1.29 is 19.0 Å². The molecule has 0 bridgehead atoms. The molecule has 170 valence electrons. The van der Waals surface area contributed by atoms with Gasteiger partial charge in [-0.15, -0.1) is 0 Å². The normalized spacial score (nSPS) is 10.8. The number of aromatic amines is 1. The topological polar surface area (TPSA) is 60.6 Å². The Balaban J connectivity index is 1.30. The molecule has 0 fully saturated rings. The van der Waals surface area contributed by atoms with Crippen molar-refractivity contribution in [3.05, 3.63) is 89.6 Å². The first-order valence-corrected chi connectivity index (χ1v) is 11.2. The largest absolute Gasteiger partial charge is 0.497 e. The van der Waals surface area contributed by atoms with Gasteiger partial charge in [0.05, 0.1) is 14.2 Å². The summed E-state index contributed by atoms with van der Waals surface area (Å²) in [7, 11) is 3.30. The highest BCUT2D eigenvalue weighted by atomic mass is 16.5. The number of hydrogen-bond acceptors (Lipinski definition) is 4. The quantitative estimate of drug-likeness (QED) is 0.314. The first-order valence-electron chi connectivity index (χ1n) is 11.2. The fourth-order valence-corrected chi connectivity index (χ4v) is 3.94. The maximum Gasteiger partial charge on any atom is 0.161 e. The predicted octanol–water partition coefficient (Wildman–Crippen LogP) is 5.90. The van der Waals surface area contributed by atoms with E-state index in [-0.39, 0.29) is 5.78 Å².